The molecule has 2 aliphatic heterocycles. The van der Waals surface area contributed by atoms with E-state index in [9.17, 15) is 4.79 Å². The lowest BCUT2D eigenvalue weighted by molar-refractivity contribution is -0.128. The Labute approximate surface area is 150 Å². The average Bonchev–Trinajstić information content (AvgIpc) is 2.59. The normalized spacial score (nSPS) is 20.6. The van der Waals surface area contributed by atoms with Crippen molar-refractivity contribution in [1.82, 2.24) is 15.1 Å². The summed E-state index contributed by atoms with van der Waals surface area (Å²) in [6.45, 7) is 1.14. The van der Waals surface area contributed by atoms with E-state index in [4.69, 9.17) is 16.3 Å². The number of carbonyl (C=O) groups excluding carboxylic acids is 1. The van der Waals surface area contributed by atoms with E-state index in [0.29, 0.717) is 18.8 Å². The Hall–Kier alpha value is -1.86. The maximum atomic E-state index is 12.5. The van der Waals surface area contributed by atoms with Crippen molar-refractivity contribution < 1.29 is 9.53 Å². The number of methoxy groups -OCH3 is 1. The monoisotopic (exact) mass is 366 g/mol. The van der Waals surface area contributed by atoms with Crippen LogP contribution in [-0.4, -0.2) is 53.5 Å². The van der Waals surface area contributed by atoms with Crippen molar-refractivity contribution in [2.45, 2.75) is 12.0 Å². The number of thioether (sulfide) groups is 1. The van der Waals surface area contributed by atoms with Crippen molar-refractivity contribution in [3.63, 3.8) is 0 Å². The zero-order valence-electron chi connectivity index (χ0n) is 13.7. The molecule has 1 atom stereocenters. The lowest BCUT2D eigenvalue weighted by Crippen LogP contribution is -2.52. The number of hydrogen-bond acceptors (Lipinski definition) is 6. The molecule has 2 heterocycles. The maximum absolute atomic E-state index is 12.5. The van der Waals surface area contributed by atoms with Crippen LogP contribution in [0.5, 0.6) is 5.75 Å². The highest BCUT2D eigenvalue weighted by Gasteiger charge is 2.36. The van der Waals surface area contributed by atoms with Gasteiger partial charge in [0.1, 0.15) is 22.3 Å². The zero-order chi connectivity index (χ0) is 17.3. The molecule has 1 amide bonds. The van der Waals surface area contributed by atoms with Crippen LogP contribution in [0.2, 0.25) is 0 Å². The third-order valence-corrected chi connectivity index (χ3v) is 4.91. The number of nitrogens with one attached hydrogen (secondary N) is 1. The van der Waals surface area contributed by atoms with Crippen LogP contribution < -0.4 is 10.1 Å². The number of ether oxygens (including phenoxy) is 1. The molecule has 1 aromatic carbocycles. The highest BCUT2D eigenvalue weighted by atomic mass is 35.5. The second-order valence-corrected chi connectivity index (χ2v) is 6.84. The van der Waals surface area contributed by atoms with Crippen molar-refractivity contribution in [2.24, 2.45) is 4.99 Å². The summed E-state index contributed by atoms with van der Waals surface area (Å²) in [6.07, 6.45) is 1.95. The zero-order valence-corrected chi connectivity index (χ0v) is 15.3. The topological polar surface area (TPSA) is 57.2 Å². The number of aliphatic imine (C=N–C) groups is 1. The SMILES string of the molecule is COc1ccc(CN2CN(C)C(=O)C3=C2NC(SC)N=C3Cl)cc1. The first kappa shape index (κ1) is 17.0. The number of carbonyl (C=O) groups is 1. The fourth-order valence-corrected chi connectivity index (χ4v) is 3.47. The Morgan fingerprint density at radius 1 is 1.42 bits per heavy atom. The van der Waals surface area contributed by atoms with Gasteiger partial charge in [0.15, 0.2) is 5.50 Å². The van der Waals surface area contributed by atoms with E-state index in [2.05, 4.69) is 15.2 Å². The van der Waals surface area contributed by atoms with Gasteiger partial charge in [-0.3, -0.25) is 4.79 Å². The number of nitrogens with zero attached hydrogens (tertiary/aromatic N) is 3. The third kappa shape index (κ3) is 3.18. The Bertz CT molecular complexity index is 705. The predicted octanol–water partition coefficient (Wildman–Crippen LogP) is 2.03. The molecular formula is C16H19ClN4O2S. The number of likely N-dealkylation sites (N-methyl/N-ethyl adjacent to an activating group) is 1. The minimum absolute atomic E-state index is 0.114. The summed E-state index contributed by atoms with van der Waals surface area (Å²) in [6, 6.07) is 7.88. The summed E-state index contributed by atoms with van der Waals surface area (Å²) >= 11 is 7.82. The van der Waals surface area contributed by atoms with Gasteiger partial charge in [0.05, 0.1) is 13.8 Å². The van der Waals surface area contributed by atoms with Gasteiger partial charge in [-0.15, -0.1) is 11.8 Å². The summed E-state index contributed by atoms with van der Waals surface area (Å²) in [5.74, 6) is 1.45. The Balaban J connectivity index is 1.91. The Morgan fingerprint density at radius 2 is 2.12 bits per heavy atom. The molecule has 3 rings (SSSR count). The van der Waals surface area contributed by atoms with Crippen LogP contribution in [0.25, 0.3) is 0 Å². The second kappa shape index (κ2) is 6.94. The van der Waals surface area contributed by atoms with Gasteiger partial charge in [0.25, 0.3) is 5.91 Å². The van der Waals surface area contributed by atoms with Crippen molar-refractivity contribution in [3.05, 3.63) is 41.2 Å². The van der Waals surface area contributed by atoms with Crippen LogP contribution in [0, 0.1) is 0 Å². The molecule has 1 N–H and O–H groups in total. The molecule has 0 aromatic heterocycles. The molecule has 0 radical (unpaired) electrons. The van der Waals surface area contributed by atoms with Crippen molar-refractivity contribution in [1.29, 1.82) is 0 Å². The molecule has 6 nitrogen and oxygen atoms in total. The van der Waals surface area contributed by atoms with Crippen molar-refractivity contribution >= 4 is 34.4 Å². The van der Waals surface area contributed by atoms with E-state index >= 15 is 0 Å². The molecule has 2 aliphatic rings. The lowest BCUT2D eigenvalue weighted by atomic mass is 10.1. The third-order valence-electron chi connectivity index (χ3n) is 3.95. The average molecular weight is 367 g/mol. The molecule has 1 unspecified atom stereocenters. The lowest BCUT2D eigenvalue weighted by Gasteiger charge is -2.40. The van der Waals surface area contributed by atoms with Crippen LogP contribution in [0.4, 0.5) is 0 Å². The van der Waals surface area contributed by atoms with Crippen molar-refractivity contribution in [2.75, 3.05) is 27.1 Å². The largest absolute Gasteiger partial charge is 0.497 e. The molecule has 0 bridgehead atoms. The molecule has 0 fully saturated rings. The number of rotatable bonds is 4. The van der Waals surface area contributed by atoms with Gasteiger partial charge in [-0.1, -0.05) is 23.7 Å². The van der Waals surface area contributed by atoms with Gasteiger partial charge in [-0.2, -0.15) is 0 Å². The quantitative estimate of drug-likeness (QED) is 0.883. The van der Waals surface area contributed by atoms with Gasteiger partial charge >= 0.3 is 0 Å². The van der Waals surface area contributed by atoms with E-state index in [0.717, 1.165) is 17.1 Å². The van der Waals surface area contributed by atoms with E-state index in [1.54, 1.807) is 19.1 Å². The Kier molecular flexibility index (Phi) is 4.91. The summed E-state index contributed by atoms with van der Waals surface area (Å²) in [4.78, 5) is 20.5. The molecule has 0 saturated heterocycles. The van der Waals surface area contributed by atoms with Crippen LogP contribution >= 0.6 is 23.4 Å². The molecule has 8 heteroatoms. The Morgan fingerprint density at radius 3 is 2.75 bits per heavy atom. The smallest absolute Gasteiger partial charge is 0.261 e. The number of hydrogen-bond donors (Lipinski definition) is 1. The van der Waals surface area contributed by atoms with E-state index in [1.165, 1.54) is 11.8 Å². The van der Waals surface area contributed by atoms with E-state index in [1.807, 2.05) is 30.5 Å². The van der Waals surface area contributed by atoms with Crippen LogP contribution in [0.15, 0.2) is 40.7 Å². The molecule has 0 saturated carbocycles. The molecule has 24 heavy (non-hydrogen) atoms. The number of benzene rings is 1. The minimum Gasteiger partial charge on any atom is -0.497 e. The first-order valence-electron chi connectivity index (χ1n) is 7.44. The second-order valence-electron chi connectivity index (χ2n) is 5.57. The highest BCUT2D eigenvalue weighted by molar-refractivity contribution is 7.99. The van der Waals surface area contributed by atoms with Gasteiger partial charge in [0, 0.05) is 13.6 Å². The summed E-state index contributed by atoms with van der Waals surface area (Å²) < 4.78 is 5.19. The molecule has 1 aromatic rings. The summed E-state index contributed by atoms with van der Waals surface area (Å²) in [5, 5.41) is 3.57. The van der Waals surface area contributed by atoms with Crippen molar-refractivity contribution in [3.8, 4) is 5.75 Å². The van der Waals surface area contributed by atoms with Crippen LogP contribution in [0.1, 0.15) is 5.56 Å². The van der Waals surface area contributed by atoms with Gasteiger partial charge in [-0.05, 0) is 24.0 Å². The molecule has 128 valence electrons. The van der Waals surface area contributed by atoms with E-state index in [-0.39, 0.29) is 16.6 Å². The summed E-state index contributed by atoms with van der Waals surface area (Å²) in [7, 11) is 3.41. The number of amides is 1. The standard InChI is InChI=1S/C16H19ClN4O2S/c1-20-9-21(8-10-4-6-11(23-2)7-5-10)14-12(15(20)22)13(17)18-16(19-14)24-3/h4-7,16,19H,8-9H2,1-3H3. The summed E-state index contributed by atoms with van der Waals surface area (Å²) in [5.41, 5.74) is 1.36. The fraction of sp³-hybridized carbons (Fsp3) is 0.375. The predicted molar refractivity (Wildman–Crippen MR) is 96.9 cm³/mol. The fourth-order valence-electron chi connectivity index (χ4n) is 2.70. The van der Waals surface area contributed by atoms with Gasteiger partial charge in [0.2, 0.25) is 0 Å². The first-order chi connectivity index (χ1) is 11.5. The maximum Gasteiger partial charge on any atom is 0.261 e. The molecule has 0 aliphatic carbocycles. The van der Waals surface area contributed by atoms with E-state index < -0.39 is 0 Å². The van der Waals surface area contributed by atoms with Gasteiger partial charge < -0.3 is 19.9 Å². The van der Waals surface area contributed by atoms with Crippen LogP contribution in [-0.2, 0) is 11.3 Å². The van der Waals surface area contributed by atoms with Crippen LogP contribution in [0.3, 0.4) is 0 Å². The highest BCUT2D eigenvalue weighted by Crippen LogP contribution is 2.28. The van der Waals surface area contributed by atoms with Gasteiger partial charge in [-0.25, -0.2) is 4.99 Å². The number of halogens is 1. The molecular weight excluding hydrogens is 348 g/mol. The molecule has 0 spiro atoms. The minimum atomic E-state index is -0.189. The first-order valence-corrected chi connectivity index (χ1v) is 9.10.